The van der Waals surface area contributed by atoms with Crippen molar-refractivity contribution in [1.82, 2.24) is 0 Å². The van der Waals surface area contributed by atoms with E-state index >= 15 is 0 Å². The Labute approximate surface area is 104 Å². The van der Waals surface area contributed by atoms with Gasteiger partial charge in [0.15, 0.2) is 0 Å². The van der Waals surface area contributed by atoms with E-state index in [0.717, 1.165) is 41.0 Å². The lowest BCUT2D eigenvalue weighted by molar-refractivity contribution is -0.0925. The summed E-state index contributed by atoms with van der Waals surface area (Å²) in [6.07, 6.45) is 2.49. The first-order valence-corrected chi connectivity index (χ1v) is 6.54. The minimum atomic E-state index is -0.381. The summed E-state index contributed by atoms with van der Waals surface area (Å²) in [5.41, 5.74) is 0.833. The van der Waals surface area contributed by atoms with E-state index in [0.29, 0.717) is 0 Å². The second-order valence-corrected chi connectivity index (χ2v) is 6.12. The molecule has 1 aromatic carbocycles. The van der Waals surface area contributed by atoms with Crippen LogP contribution in [0.25, 0.3) is 0 Å². The van der Waals surface area contributed by atoms with Crippen molar-refractivity contribution in [1.29, 1.82) is 0 Å². The van der Waals surface area contributed by atoms with Gasteiger partial charge in [-0.1, -0.05) is 22.9 Å². The Bertz CT molecular complexity index is 424. The molecule has 1 saturated carbocycles. The van der Waals surface area contributed by atoms with Crippen LogP contribution in [0.5, 0.6) is 5.75 Å². The molecular formula is C13H15BrO2. The molecule has 3 heteroatoms. The molecule has 2 aliphatic rings. The molecule has 1 N–H and O–H groups in total. The third kappa shape index (κ3) is 1.57. The number of halogens is 1. The van der Waals surface area contributed by atoms with Crippen LogP contribution in [-0.4, -0.2) is 10.7 Å². The minimum Gasteiger partial charge on any atom is -0.487 e. The molecule has 0 saturated heterocycles. The molecule has 0 unspecified atom stereocenters. The molecule has 1 aromatic rings. The average molecular weight is 283 g/mol. The second-order valence-electron chi connectivity index (χ2n) is 5.20. The standard InChI is InChI=1S/C13H15BrO2/c1-8-5-13(6-8)7-11(15)10-4-9(14)2-3-12(10)16-13/h2-4,8,11,15H,5-7H2,1H3/t8?,11-,13?/m0/s1. The summed E-state index contributed by atoms with van der Waals surface area (Å²) >= 11 is 3.42. The second kappa shape index (κ2) is 3.47. The van der Waals surface area contributed by atoms with Crippen LogP contribution in [0, 0.1) is 5.92 Å². The Kier molecular flexibility index (Phi) is 2.30. The number of benzene rings is 1. The van der Waals surface area contributed by atoms with E-state index < -0.39 is 0 Å². The molecule has 1 heterocycles. The van der Waals surface area contributed by atoms with Crippen LogP contribution in [0.15, 0.2) is 22.7 Å². The van der Waals surface area contributed by atoms with Gasteiger partial charge in [-0.05, 0) is 37.0 Å². The van der Waals surface area contributed by atoms with Crippen molar-refractivity contribution in [2.24, 2.45) is 5.92 Å². The van der Waals surface area contributed by atoms with Crippen LogP contribution in [0.4, 0.5) is 0 Å². The molecule has 0 aromatic heterocycles. The van der Waals surface area contributed by atoms with Crippen molar-refractivity contribution in [3.63, 3.8) is 0 Å². The predicted molar refractivity (Wildman–Crippen MR) is 65.5 cm³/mol. The Morgan fingerprint density at radius 1 is 1.38 bits per heavy atom. The van der Waals surface area contributed by atoms with Crippen molar-refractivity contribution >= 4 is 15.9 Å². The lowest BCUT2D eigenvalue weighted by atomic mass is 9.67. The van der Waals surface area contributed by atoms with Crippen molar-refractivity contribution in [3.8, 4) is 5.75 Å². The topological polar surface area (TPSA) is 29.5 Å². The van der Waals surface area contributed by atoms with E-state index in [-0.39, 0.29) is 11.7 Å². The molecule has 0 amide bonds. The Morgan fingerprint density at radius 3 is 2.81 bits per heavy atom. The largest absolute Gasteiger partial charge is 0.487 e. The first kappa shape index (κ1) is 10.6. The number of hydrogen-bond acceptors (Lipinski definition) is 2. The third-order valence-electron chi connectivity index (χ3n) is 3.66. The van der Waals surface area contributed by atoms with Crippen molar-refractivity contribution in [2.45, 2.75) is 37.9 Å². The van der Waals surface area contributed by atoms with Crippen LogP contribution >= 0.6 is 15.9 Å². The maximum absolute atomic E-state index is 10.2. The van der Waals surface area contributed by atoms with Gasteiger partial charge >= 0.3 is 0 Å². The quantitative estimate of drug-likeness (QED) is 0.790. The lowest BCUT2D eigenvalue weighted by Crippen LogP contribution is -2.51. The molecule has 1 aliphatic heterocycles. The summed E-state index contributed by atoms with van der Waals surface area (Å²) in [6, 6.07) is 5.87. The number of aliphatic hydroxyl groups excluding tert-OH is 1. The molecule has 2 nitrogen and oxygen atoms in total. The van der Waals surface area contributed by atoms with Gasteiger partial charge in [0.1, 0.15) is 11.4 Å². The van der Waals surface area contributed by atoms with E-state index in [1.54, 1.807) is 0 Å². The first-order chi connectivity index (χ1) is 7.58. The molecule has 1 aliphatic carbocycles. The van der Waals surface area contributed by atoms with Gasteiger partial charge in [-0.25, -0.2) is 0 Å². The molecule has 1 atom stereocenters. The van der Waals surface area contributed by atoms with Gasteiger partial charge < -0.3 is 9.84 Å². The number of ether oxygens (including phenoxy) is 1. The van der Waals surface area contributed by atoms with Crippen LogP contribution in [-0.2, 0) is 0 Å². The molecule has 3 rings (SSSR count). The molecule has 1 spiro atoms. The maximum Gasteiger partial charge on any atom is 0.126 e. The zero-order valence-corrected chi connectivity index (χ0v) is 10.8. The van der Waals surface area contributed by atoms with Crippen molar-refractivity contribution < 1.29 is 9.84 Å². The highest BCUT2D eigenvalue weighted by atomic mass is 79.9. The predicted octanol–water partition coefficient (Wildman–Crippen LogP) is 3.43. The molecule has 1 fully saturated rings. The fourth-order valence-corrected chi connectivity index (χ4v) is 3.45. The Morgan fingerprint density at radius 2 is 2.12 bits per heavy atom. The summed E-state index contributed by atoms with van der Waals surface area (Å²) in [5, 5.41) is 10.2. The molecular weight excluding hydrogens is 268 g/mol. The number of rotatable bonds is 0. The zero-order chi connectivity index (χ0) is 11.3. The van der Waals surface area contributed by atoms with Gasteiger partial charge in [0.05, 0.1) is 6.10 Å². The maximum atomic E-state index is 10.2. The van der Waals surface area contributed by atoms with Crippen LogP contribution in [0.1, 0.15) is 37.9 Å². The van der Waals surface area contributed by atoms with E-state index in [2.05, 4.69) is 22.9 Å². The van der Waals surface area contributed by atoms with Crippen LogP contribution in [0.3, 0.4) is 0 Å². The molecule has 16 heavy (non-hydrogen) atoms. The lowest BCUT2D eigenvalue weighted by Gasteiger charge is -2.50. The molecule has 0 radical (unpaired) electrons. The average Bonchev–Trinajstić information content (AvgIpc) is 2.17. The highest BCUT2D eigenvalue weighted by molar-refractivity contribution is 9.10. The Balaban J connectivity index is 1.94. The van der Waals surface area contributed by atoms with E-state index in [9.17, 15) is 5.11 Å². The normalized spacial score (nSPS) is 36.4. The van der Waals surface area contributed by atoms with Crippen molar-refractivity contribution in [3.05, 3.63) is 28.2 Å². The van der Waals surface area contributed by atoms with Crippen LogP contribution in [0.2, 0.25) is 0 Å². The highest BCUT2D eigenvalue weighted by Crippen LogP contribution is 2.51. The van der Waals surface area contributed by atoms with Gasteiger partial charge in [0.2, 0.25) is 0 Å². The Hall–Kier alpha value is -0.540. The number of aliphatic hydroxyl groups is 1. The number of fused-ring (bicyclic) bond motifs is 1. The van der Waals surface area contributed by atoms with Gasteiger partial charge in [-0.2, -0.15) is 0 Å². The van der Waals surface area contributed by atoms with E-state index in [1.807, 2.05) is 18.2 Å². The van der Waals surface area contributed by atoms with Gasteiger partial charge in [-0.3, -0.25) is 0 Å². The van der Waals surface area contributed by atoms with Gasteiger partial charge in [-0.15, -0.1) is 0 Å². The number of hydrogen-bond donors (Lipinski definition) is 1. The van der Waals surface area contributed by atoms with E-state index in [4.69, 9.17) is 4.74 Å². The summed E-state index contributed by atoms with van der Waals surface area (Å²) in [4.78, 5) is 0. The third-order valence-corrected chi connectivity index (χ3v) is 4.16. The monoisotopic (exact) mass is 282 g/mol. The van der Waals surface area contributed by atoms with E-state index in [1.165, 1.54) is 0 Å². The van der Waals surface area contributed by atoms with Gasteiger partial charge in [0, 0.05) is 16.5 Å². The zero-order valence-electron chi connectivity index (χ0n) is 9.24. The summed E-state index contributed by atoms with van der Waals surface area (Å²) in [5.74, 6) is 1.58. The summed E-state index contributed by atoms with van der Waals surface area (Å²) in [6.45, 7) is 2.23. The van der Waals surface area contributed by atoms with Crippen LogP contribution < -0.4 is 4.74 Å². The molecule has 0 bridgehead atoms. The first-order valence-electron chi connectivity index (χ1n) is 5.74. The fraction of sp³-hybridized carbons (Fsp3) is 0.538. The SMILES string of the molecule is CC1CC2(C1)C[C@H](O)c1cc(Br)ccc1O2. The minimum absolute atomic E-state index is 0.0837. The van der Waals surface area contributed by atoms with Gasteiger partial charge in [0.25, 0.3) is 0 Å². The summed E-state index contributed by atoms with van der Waals surface area (Å²) < 4.78 is 7.06. The highest BCUT2D eigenvalue weighted by Gasteiger charge is 2.48. The smallest absolute Gasteiger partial charge is 0.126 e. The molecule has 86 valence electrons. The fourth-order valence-electron chi connectivity index (χ4n) is 3.07. The van der Waals surface area contributed by atoms with Crippen molar-refractivity contribution in [2.75, 3.05) is 0 Å². The summed E-state index contributed by atoms with van der Waals surface area (Å²) in [7, 11) is 0.